The normalized spacial score (nSPS) is 32.2. The van der Waals surface area contributed by atoms with Crippen LogP contribution in [0.1, 0.15) is 39.5 Å². The van der Waals surface area contributed by atoms with Crippen molar-refractivity contribution in [3.05, 3.63) is 0 Å². The minimum absolute atomic E-state index is 0.0497. The number of fused-ring (bicyclic) bond motifs is 2. The van der Waals surface area contributed by atoms with Crippen LogP contribution in [0, 0.1) is 5.92 Å². The first-order valence-electron chi connectivity index (χ1n) is 6.56. The number of rotatable bonds is 5. The molecule has 0 aromatic rings. The summed E-state index contributed by atoms with van der Waals surface area (Å²) in [6, 6.07) is 1.32. The van der Waals surface area contributed by atoms with Crippen LogP contribution in [0.25, 0.3) is 0 Å². The highest BCUT2D eigenvalue weighted by molar-refractivity contribution is 4.96. The van der Waals surface area contributed by atoms with Gasteiger partial charge in [0.2, 0.25) is 0 Å². The molecule has 2 bridgehead atoms. The first-order valence-corrected chi connectivity index (χ1v) is 6.56. The summed E-state index contributed by atoms with van der Waals surface area (Å²) in [7, 11) is 1.80. The molecule has 3 atom stereocenters. The smallest absolute Gasteiger partial charge is 0.0638 e. The van der Waals surface area contributed by atoms with Gasteiger partial charge in [0.15, 0.2) is 0 Å². The Morgan fingerprint density at radius 3 is 2.62 bits per heavy atom. The van der Waals surface area contributed by atoms with Gasteiger partial charge in [-0.1, -0.05) is 0 Å². The largest absolute Gasteiger partial charge is 0.379 e. The molecule has 3 nitrogen and oxygen atoms in total. The third kappa shape index (κ3) is 2.41. The second-order valence-electron chi connectivity index (χ2n) is 6.09. The summed E-state index contributed by atoms with van der Waals surface area (Å²) in [5.41, 5.74) is 5.90. The highest BCUT2D eigenvalue weighted by atomic mass is 16.5. The second kappa shape index (κ2) is 4.63. The fourth-order valence-corrected chi connectivity index (χ4v) is 3.40. The van der Waals surface area contributed by atoms with Gasteiger partial charge in [-0.25, -0.2) is 0 Å². The Balaban J connectivity index is 1.95. The summed E-state index contributed by atoms with van der Waals surface area (Å²) in [6.07, 6.45) is 5.27. The number of methoxy groups -OCH3 is 1. The van der Waals surface area contributed by atoms with E-state index in [1.165, 1.54) is 25.8 Å². The Hall–Kier alpha value is -0.120. The average Bonchev–Trinajstić information content (AvgIpc) is 2.87. The number of ether oxygens (including phenoxy) is 1. The molecule has 1 aliphatic carbocycles. The zero-order chi connectivity index (χ0) is 11.8. The zero-order valence-corrected chi connectivity index (χ0v) is 10.9. The average molecular weight is 226 g/mol. The summed E-state index contributed by atoms with van der Waals surface area (Å²) in [5.74, 6) is 0.949. The number of nitrogens with two attached hydrogens (primary N) is 1. The Morgan fingerprint density at radius 1 is 1.44 bits per heavy atom. The molecule has 3 unspecified atom stereocenters. The first kappa shape index (κ1) is 12.3. The molecule has 3 heteroatoms. The van der Waals surface area contributed by atoms with E-state index in [0.29, 0.717) is 6.04 Å². The van der Waals surface area contributed by atoms with Crippen molar-refractivity contribution in [2.24, 2.45) is 11.7 Å². The maximum absolute atomic E-state index is 5.95. The van der Waals surface area contributed by atoms with E-state index in [1.807, 2.05) is 0 Å². The van der Waals surface area contributed by atoms with Gasteiger partial charge in [-0.05, 0) is 45.4 Å². The highest BCUT2D eigenvalue weighted by Gasteiger charge is 2.41. The number of hydrogen-bond acceptors (Lipinski definition) is 3. The van der Waals surface area contributed by atoms with E-state index in [1.54, 1.807) is 7.11 Å². The van der Waals surface area contributed by atoms with Crippen LogP contribution in [0.15, 0.2) is 0 Å². The summed E-state index contributed by atoms with van der Waals surface area (Å²) in [5, 5.41) is 0. The quantitative estimate of drug-likeness (QED) is 0.774. The predicted molar refractivity (Wildman–Crippen MR) is 66.4 cm³/mol. The summed E-state index contributed by atoms with van der Waals surface area (Å²) in [6.45, 7) is 6.34. The van der Waals surface area contributed by atoms with Crippen LogP contribution >= 0.6 is 0 Å². The Kier molecular flexibility index (Phi) is 3.57. The number of piperidine rings is 1. The monoisotopic (exact) mass is 226 g/mol. The van der Waals surface area contributed by atoms with Crippen molar-refractivity contribution in [2.75, 3.05) is 20.2 Å². The molecular weight excluding hydrogens is 200 g/mol. The number of hydrogen-bond donors (Lipinski definition) is 1. The molecule has 2 N–H and O–H groups in total. The third-order valence-corrected chi connectivity index (χ3v) is 4.47. The Labute approximate surface area is 99.3 Å². The lowest BCUT2D eigenvalue weighted by Crippen LogP contribution is -2.48. The molecule has 0 radical (unpaired) electrons. The fourth-order valence-electron chi connectivity index (χ4n) is 3.40. The van der Waals surface area contributed by atoms with E-state index >= 15 is 0 Å². The molecule has 0 aromatic heterocycles. The summed E-state index contributed by atoms with van der Waals surface area (Å²) in [4.78, 5) is 2.65. The molecule has 0 amide bonds. The molecular formula is C13H26N2O. The van der Waals surface area contributed by atoms with E-state index in [9.17, 15) is 0 Å². The summed E-state index contributed by atoms with van der Waals surface area (Å²) < 4.78 is 5.53. The van der Waals surface area contributed by atoms with Crippen LogP contribution in [0.3, 0.4) is 0 Å². The Morgan fingerprint density at radius 2 is 2.19 bits per heavy atom. The molecule has 1 aliphatic heterocycles. The maximum atomic E-state index is 5.95. The third-order valence-electron chi connectivity index (χ3n) is 4.47. The molecule has 2 fully saturated rings. The van der Waals surface area contributed by atoms with Crippen LogP contribution in [0.2, 0.25) is 0 Å². The molecule has 1 saturated heterocycles. The second-order valence-corrected chi connectivity index (χ2v) is 6.09. The standard InChI is InChI=1S/C13H26N2O/c1-13(2,16-3)7-12(8-14)15-9-10-4-5-11(15)6-10/h10-12H,4-9,14H2,1-3H3. The van der Waals surface area contributed by atoms with E-state index < -0.39 is 0 Å². The van der Waals surface area contributed by atoms with Gasteiger partial charge in [-0.3, -0.25) is 4.90 Å². The molecule has 0 spiro atoms. The van der Waals surface area contributed by atoms with Crippen molar-refractivity contribution in [2.45, 2.75) is 57.2 Å². The lowest BCUT2D eigenvalue weighted by atomic mass is 9.96. The van der Waals surface area contributed by atoms with Gasteiger partial charge >= 0.3 is 0 Å². The van der Waals surface area contributed by atoms with E-state index in [0.717, 1.165) is 24.9 Å². The van der Waals surface area contributed by atoms with E-state index in [4.69, 9.17) is 10.5 Å². The van der Waals surface area contributed by atoms with Gasteiger partial charge in [0, 0.05) is 32.3 Å². The van der Waals surface area contributed by atoms with Crippen molar-refractivity contribution in [3.8, 4) is 0 Å². The van der Waals surface area contributed by atoms with Crippen molar-refractivity contribution >= 4 is 0 Å². The van der Waals surface area contributed by atoms with Gasteiger partial charge in [0.1, 0.15) is 0 Å². The fraction of sp³-hybridized carbons (Fsp3) is 1.00. The SMILES string of the molecule is COC(C)(C)CC(CN)N1CC2CCC1C2. The molecule has 0 aromatic carbocycles. The van der Waals surface area contributed by atoms with Gasteiger partial charge in [-0.2, -0.15) is 0 Å². The Bertz CT molecular complexity index is 242. The number of nitrogens with zero attached hydrogens (tertiary/aromatic N) is 1. The molecule has 2 aliphatic rings. The van der Waals surface area contributed by atoms with Gasteiger partial charge in [-0.15, -0.1) is 0 Å². The zero-order valence-electron chi connectivity index (χ0n) is 10.9. The van der Waals surface area contributed by atoms with Crippen LogP contribution in [-0.4, -0.2) is 42.8 Å². The summed E-state index contributed by atoms with van der Waals surface area (Å²) >= 11 is 0. The molecule has 94 valence electrons. The van der Waals surface area contributed by atoms with E-state index in [-0.39, 0.29) is 5.60 Å². The molecule has 16 heavy (non-hydrogen) atoms. The van der Waals surface area contributed by atoms with E-state index in [2.05, 4.69) is 18.7 Å². The number of likely N-dealkylation sites (tertiary alicyclic amines) is 1. The minimum Gasteiger partial charge on any atom is -0.379 e. The predicted octanol–water partition coefficient (Wildman–Crippen LogP) is 1.61. The molecule has 1 heterocycles. The lowest BCUT2D eigenvalue weighted by molar-refractivity contribution is -0.0119. The van der Waals surface area contributed by atoms with Gasteiger partial charge in [0.25, 0.3) is 0 Å². The van der Waals surface area contributed by atoms with Crippen LogP contribution in [-0.2, 0) is 4.74 Å². The van der Waals surface area contributed by atoms with Crippen molar-refractivity contribution < 1.29 is 4.74 Å². The molecule has 1 saturated carbocycles. The topological polar surface area (TPSA) is 38.5 Å². The highest BCUT2D eigenvalue weighted by Crippen LogP contribution is 2.39. The van der Waals surface area contributed by atoms with Crippen molar-refractivity contribution in [1.82, 2.24) is 4.90 Å². The molecule has 2 rings (SSSR count). The van der Waals surface area contributed by atoms with Gasteiger partial charge in [0.05, 0.1) is 5.60 Å². The van der Waals surface area contributed by atoms with Crippen molar-refractivity contribution in [1.29, 1.82) is 0 Å². The van der Waals surface area contributed by atoms with Gasteiger partial charge < -0.3 is 10.5 Å². The minimum atomic E-state index is -0.0497. The van der Waals surface area contributed by atoms with Crippen LogP contribution < -0.4 is 5.73 Å². The van der Waals surface area contributed by atoms with Crippen LogP contribution in [0.5, 0.6) is 0 Å². The first-order chi connectivity index (χ1) is 7.55. The van der Waals surface area contributed by atoms with Crippen LogP contribution in [0.4, 0.5) is 0 Å². The van der Waals surface area contributed by atoms with Crippen molar-refractivity contribution in [3.63, 3.8) is 0 Å². The lowest BCUT2D eigenvalue weighted by Gasteiger charge is -2.38. The maximum Gasteiger partial charge on any atom is 0.0638 e.